The Morgan fingerprint density at radius 2 is 2.00 bits per heavy atom. The number of amides is 2. The fraction of sp³-hybridized carbons (Fsp3) is 0.519. The molecule has 2 heterocycles. The number of carboxylic acid groups (broad SMARTS) is 1. The van der Waals surface area contributed by atoms with E-state index in [0.29, 0.717) is 23.9 Å². The molecule has 34 heavy (non-hydrogen) atoms. The molecule has 6 rings (SSSR count). The molecule has 7 nitrogen and oxygen atoms in total. The molecule has 1 aromatic rings. The van der Waals surface area contributed by atoms with Crippen molar-refractivity contribution in [3.8, 4) is 0 Å². The number of hydrogen-bond donors (Lipinski definition) is 2. The second-order valence-electron chi connectivity index (χ2n) is 10.6. The highest BCUT2D eigenvalue weighted by molar-refractivity contribution is 5.92. The van der Waals surface area contributed by atoms with Crippen LogP contribution in [0.5, 0.6) is 0 Å². The molecule has 178 valence electrons. The molecule has 2 N–H and O–H groups in total. The van der Waals surface area contributed by atoms with Gasteiger partial charge in [0, 0.05) is 31.5 Å². The van der Waals surface area contributed by atoms with Crippen LogP contribution in [0.4, 0.5) is 0 Å². The third-order valence-corrected chi connectivity index (χ3v) is 8.13. The molecule has 2 saturated carbocycles. The highest BCUT2D eigenvalue weighted by Crippen LogP contribution is 2.45. The molecular weight excluding hydrogens is 430 g/mol. The maximum absolute atomic E-state index is 13.3. The first-order chi connectivity index (χ1) is 16.4. The van der Waals surface area contributed by atoms with E-state index in [9.17, 15) is 19.5 Å². The molecule has 5 aliphatic rings. The smallest absolute Gasteiger partial charge is 0.335 e. The summed E-state index contributed by atoms with van der Waals surface area (Å²) in [5, 5.41) is 12.9. The fourth-order valence-electron chi connectivity index (χ4n) is 5.77. The average Bonchev–Trinajstić information content (AvgIpc) is 3.78. The van der Waals surface area contributed by atoms with Crippen LogP contribution in [0.15, 0.2) is 48.1 Å². The molecule has 2 saturated heterocycles. The molecule has 2 amide bonds. The Bertz CT molecular complexity index is 1100. The van der Waals surface area contributed by atoms with E-state index in [1.807, 2.05) is 15.9 Å². The van der Waals surface area contributed by atoms with Gasteiger partial charge < -0.3 is 14.9 Å². The van der Waals surface area contributed by atoms with E-state index < -0.39 is 11.5 Å². The first kappa shape index (κ1) is 21.6. The summed E-state index contributed by atoms with van der Waals surface area (Å²) < 4.78 is 0. The predicted molar refractivity (Wildman–Crippen MR) is 126 cm³/mol. The van der Waals surface area contributed by atoms with Crippen molar-refractivity contribution < 1.29 is 19.5 Å². The van der Waals surface area contributed by atoms with Gasteiger partial charge in [0.1, 0.15) is 11.7 Å². The largest absolute Gasteiger partial charge is 0.478 e. The maximum atomic E-state index is 13.3. The first-order valence-electron chi connectivity index (χ1n) is 12.5. The summed E-state index contributed by atoms with van der Waals surface area (Å²) in [6, 6.07) is 7.12. The van der Waals surface area contributed by atoms with Gasteiger partial charge >= 0.3 is 5.97 Å². The molecule has 7 heteroatoms. The topological polar surface area (TPSA) is 89.9 Å². The molecule has 3 atom stereocenters. The summed E-state index contributed by atoms with van der Waals surface area (Å²) in [7, 11) is 0. The number of aromatic carboxylic acids is 1. The van der Waals surface area contributed by atoms with Gasteiger partial charge in [0.2, 0.25) is 11.8 Å². The molecule has 2 unspecified atom stereocenters. The molecule has 0 radical (unpaired) electrons. The first-order valence-corrected chi connectivity index (χ1v) is 12.5. The minimum Gasteiger partial charge on any atom is -0.478 e. The summed E-state index contributed by atoms with van der Waals surface area (Å²) in [5.41, 5.74) is 2.00. The molecule has 2 aliphatic heterocycles. The monoisotopic (exact) mass is 461 g/mol. The lowest BCUT2D eigenvalue weighted by atomic mass is 9.88. The van der Waals surface area contributed by atoms with E-state index in [1.165, 1.54) is 0 Å². The standard InChI is InChI=1S/C27H31N3O4/c31-24(20-8-9-20)29-13-10-17(15-29)16-30-23(28-27(11-12-27)26(30)34)19-6-4-18(5-7-19)21-2-1-3-22(14-21)25(32)33/h1-4,6-7,14,17-18,20,23,28H,5,8-13,15-16H2,(H,32,33)/t17-,18?,23?/m1/s1. The van der Waals surface area contributed by atoms with Crippen molar-refractivity contribution in [2.75, 3.05) is 19.6 Å². The zero-order chi connectivity index (χ0) is 23.4. The lowest BCUT2D eigenvalue weighted by Gasteiger charge is -2.29. The number of hydrogen-bond acceptors (Lipinski definition) is 4. The van der Waals surface area contributed by atoms with Crippen molar-refractivity contribution in [3.05, 3.63) is 59.2 Å². The van der Waals surface area contributed by atoms with Crippen LogP contribution < -0.4 is 5.32 Å². The van der Waals surface area contributed by atoms with Crippen LogP contribution >= 0.6 is 0 Å². The SMILES string of the molecule is O=C(O)c1cccc(C2C=CC(C3NC4(CC4)C(=O)N3C[C@@H]3CCN(C(=O)C4CC4)C3)=CC2)c1. The van der Waals surface area contributed by atoms with E-state index in [4.69, 9.17) is 0 Å². The van der Waals surface area contributed by atoms with Gasteiger partial charge in [-0.2, -0.15) is 0 Å². The van der Waals surface area contributed by atoms with Crippen LogP contribution in [0.25, 0.3) is 0 Å². The number of nitrogens with zero attached hydrogens (tertiary/aromatic N) is 2. The molecular formula is C27H31N3O4. The van der Waals surface area contributed by atoms with Crippen LogP contribution in [-0.2, 0) is 9.59 Å². The molecule has 0 bridgehead atoms. The third kappa shape index (κ3) is 3.86. The van der Waals surface area contributed by atoms with Crippen molar-refractivity contribution in [1.82, 2.24) is 15.1 Å². The number of carbonyl (C=O) groups excluding carboxylic acids is 2. The van der Waals surface area contributed by atoms with E-state index >= 15 is 0 Å². The minimum atomic E-state index is -0.916. The van der Waals surface area contributed by atoms with Crippen molar-refractivity contribution in [3.63, 3.8) is 0 Å². The highest BCUT2D eigenvalue weighted by atomic mass is 16.4. The Balaban J connectivity index is 1.15. The number of likely N-dealkylation sites (tertiary alicyclic amines) is 1. The number of benzene rings is 1. The van der Waals surface area contributed by atoms with Crippen molar-refractivity contribution in [2.45, 2.75) is 56.1 Å². The highest BCUT2D eigenvalue weighted by Gasteiger charge is 2.59. The Kier molecular flexibility index (Phi) is 5.13. The summed E-state index contributed by atoms with van der Waals surface area (Å²) >= 11 is 0. The average molecular weight is 462 g/mol. The van der Waals surface area contributed by atoms with E-state index in [2.05, 4.69) is 23.5 Å². The number of carbonyl (C=O) groups is 3. The molecule has 1 spiro atoms. The maximum Gasteiger partial charge on any atom is 0.335 e. The van der Waals surface area contributed by atoms with Crippen molar-refractivity contribution in [2.24, 2.45) is 11.8 Å². The minimum absolute atomic E-state index is 0.125. The lowest BCUT2D eigenvalue weighted by molar-refractivity contribution is -0.131. The number of allylic oxidation sites excluding steroid dienone is 2. The normalized spacial score (nSPS) is 29.6. The Hall–Kier alpha value is -2.93. The third-order valence-electron chi connectivity index (χ3n) is 8.13. The Morgan fingerprint density at radius 3 is 2.68 bits per heavy atom. The summed E-state index contributed by atoms with van der Waals surface area (Å²) in [6.07, 6.45) is 11.8. The van der Waals surface area contributed by atoms with Gasteiger partial charge in [-0.15, -0.1) is 0 Å². The summed E-state index contributed by atoms with van der Waals surface area (Å²) in [4.78, 5) is 41.2. The van der Waals surface area contributed by atoms with Gasteiger partial charge in [0.25, 0.3) is 0 Å². The van der Waals surface area contributed by atoms with Gasteiger partial charge in [-0.1, -0.05) is 30.4 Å². The fourth-order valence-corrected chi connectivity index (χ4v) is 5.77. The quantitative estimate of drug-likeness (QED) is 0.680. The zero-order valence-electron chi connectivity index (χ0n) is 19.3. The van der Waals surface area contributed by atoms with Crippen LogP contribution in [-0.4, -0.2) is 64.0 Å². The Morgan fingerprint density at radius 1 is 1.18 bits per heavy atom. The predicted octanol–water partition coefficient (Wildman–Crippen LogP) is 2.90. The molecule has 3 aliphatic carbocycles. The van der Waals surface area contributed by atoms with Gasteiger partial charge in [-0.3, -0.25) is 14.9 Å². The van der Waals surface area contributed by atoms with Crippen molar-refractivity contribution in [1.29, 1.82) is 0 Å². The van der Waals surface area contributed by atoms with Crippen LogP contribution in [0.3, 0.4) is 0 Å². The van der Waals surface area contributed by atoms with Gasteiger partial charge in [-0.05, 0) is 67.7 Å². The zero-order valence-corrected chi connectivity index (χ0v) is 19.3. The molecule has 4 fully saturated rings. The lowest BCUT2D eigenvalue weighted by Crippen LogP contribution is -2.42. The second kappa shape index (κ2) is 8.08. The molecule has 0 aromatic heterocycles. The van der Waals surface area contributed by atoms with Crippen LogP contribution in [0.2, 0.25) is 0 Å². The Labute approximate surface area is 199 Å². The number of carboxylic acids is 1. The van der Waals surface area contributed by atoms with Gasteiger partial charge in [0.15, 0.2) is 0 Å². The van der Waals surface area contributed by atoms with E-state index in [1.54, 1.807) is 18.2 Å². The second-order valence-corrected chi connectivity index (χ2v) is 10.6. The summed E-state index contributed by atoms with van der Waals surface area (Å²) in [6.45, 7) is 2.25. The molecule has 1 aromatic carbocycles. The number of rotatable bonds is 6. The van der Waals surface area contributed by atoms with Gasteiger partial charge in [0.05, 0.1) is 5.56 Å². The van der Waals surface area contributed by atoms with E-state index in [0.717, 1.165) is 62.8 Å². The van der Waals surface area contributed by atoms with E-state index in [-0.39, 0.29) is 23.9 Å². The van der Waals surface area contributed by atoms with Gasteiger partial charge in [-0.25, -0.2) is 4.79 Å². The van der Waals surface area contributed by atoms with Crippen molar-refractivity contribution >= 4 is 17.8 Å². The number of nitrogens with one attached hydrogen (secondary N) is 1. The van der Waals surface area contributed by atoms with Crippen LogP contribution in [0.1, 0.15) is 60.4 Å². The summed E-state index contributed by atoms with van der Waals surface area (Å²) in [5.74, 6) is 0.290. The van der Waals surface area contributed by atoms with Crippen LogP contribution in [0, 0.1) is 11.8 Å².